The molecule has 5 nitrogen and oxygen atoms in total. The molecule has 3 rings (SSSR count). The number of amides is 2. The van der Waals surface area contributed by atoms with E-state index in [9.17, 15) is 9.59 Å². The lowest BCUT2D eigenvalue weighted by molar-refractivity contribution is -0.118. The molecule has 2 aromatic rings. The van der Waals surface area contributed by atoms with Crippen LogP contribution in [0.15, 0.2) is 53.6 Å². The molecule has 2 amide bonds. The van der Waals surface area contributed by atoms with Crippen molar-refractivity contribution in [2.45, 2.75) is 46.0 Å². The molecule has 5 heteroatoms. The summed E-state index contributed by atoms with van der Waals surface area (Å²) in [6.45, 7) is 4.15. The van der Waals surface area contributed by atoms with Gasteiger partial charge in [-0.1, -0.05) is 43.2 Å². The Morgan fingerprint density at radius 1 is 1.07 bits per heavy atom. The van der Waals surface area contributed by atoms with E-state index in [4.69, 9.17) is 0 Å². The van der Waals surface area contributed by atoms with Gasteiger partial charge in [-0.3, -0.25) is 9.59 Å². The average molecular weight is 363 g/mol. The highest BCUT2D eigenvalue weighted by Gasteiger charge is 2.25. The highest BCUT2D eigenvalue weighted by molar-refractivity contribution is 6.44. The maximum absolute atomic E-state index is 12.6. The first kappa shape index (κ1) is 18.8. The third-order valence-electron chi connectivity index (χ3n) is 4.60. The summed E-state index contributed by atoms with van der Waals surface area (Å²) in [5, 5.41) is 8.51. The van der Waals surface area contributed by atoms with Gasteiger partial charge in [0.25, 0.3) is 5.91 Å². The summed E-state index contributed by atoms with van der Waals surface area (Å²) in [5.74, 6) is -0.364. The number of nitrogens with zero attached hydrogens (tertiary/aromatic N) is 2. The molecule has 0 saturated carbocycles. The number of rotatable bonds is 6. The zero-order chi connectivity index (χ0) is 19.2. The minimum atomic E-state index is -0.263. The van der Waals surface area contributed by atoms with Crippen LogP contribution < -0.4 is 10.3 Å². The zero-order valence-electron chi connectivity index (χ0n) is 15.9. The number of anilines is 2. The zero-order valence-corrected chi connectivity index (χ0v) is 15.9. The van der Waals surface area contributed by atoms with Gasteiger partial charge in [0.1, 0.15) is 5.71 Å². The predicted molar refractivity (Wildman–Crippen MR) is 109 cm³/mol. The number of carbonyl (C=O) groups excluding carboxylic acids is 2. The highest BCUT2D eigenvalue weighted by Crippen LogP contribution is 2.21. The molecule has 0 radical (unpaired) electrons. The number of hydrazone groups is 1. The summed E-state index contributed by atoms with van der Waals surface area (Å²) in [5.41, 5.74) is 4.15. The monoisotopic (exact) mass is 363 g/mol. The molecule has 2 aromatic carbocycles. The Kier molecular flexibility index (Phi) is 6.01. The molecular formula is C22H25N3O2. The Labute approximate surface area is 160 Å². The average Bonchev–Trinajstić information content (AvgIpc) is 2.68. The van der Waals surface area contributed by atoms with Crippen molar-refractivity contribution in [2.75, 3.05) is 10.3 Å². The lowest BCUT2D eigenvalue weighted by atomic mass is 10.1. The minimum absolute atomic E-state index is 0.101. The van der Waals surface area contributed by atoms with Crippen molar-refractivity contribution in [2.24, 2.45) is 5.10 Å². The van der Waals surface area contributed by atoms with Crippen molar-refractivity contribution in [3.8, 4) is 0 Å². The maximum Gasteiger partial charge on any atom is 0.271 e. The van der Waals surface area contributed by atoms with E-state index in [1.54, 1.807) is 0 Å². The first-order valence-corrected chi connectivity index (χ1v) is 9.44. The molecule has 1 N–H and O–H groups in total. The van der Waals surface area contributed by atoms with Crippen molar-refractivity contribution < 1.29 is 9.59 Å². The molecular weight excluding hydrogens is 338 g/mol. The Morgan fingerprint density at radius 2 is 1.78 bits per heavy atom. The van der Waals surface area contributed by atoms with E-state index < -0.39 is 0 Å². The maximum atomic E-state index is 12.6. The molecule has 0 atom stereocenters. The number of unbranched alkanes of at least 4 members (excludes halogenated alkanes) is 1. The van der Waals surface area contributed by atoms with Crippen LogP contribution >= 0.6 is 0 Å². The highest BCUT2D eigenvalue weighted by atomic mass is 16.2. The third-order valence-corrected chi connectivity index (χ3v) is 4.60. The molecule has 0 aliphatic carbocycles. The van der Waals surface area contributed by atoms with Crippen molar-refractivity contribution in [3.05, 3.63) is 59.7 Å². The quantitative estimate of drug-likeness (QED) is 0.824. The fourth-order valence-corrected chi connectivity index (χ4v) is 2.94. The molecule has 1 heterocycles. The Morgan fingerprint density at radius 3 is 2.44 bits per heavy atom. The molecule has 0 spiro atoms. The van der Waals surface area contributed by atoms with Crippen LogP contribution in [0.4, 0.5) is 11.4 Å². The molecule has 1 aliphatic heterocycles. The third kappa shape index (κ3) is 4.82. The van der Waals surface area contributed by atoms with E-state index in [1.165, 1.54) is 10.6 Å². The lowest BCUT2D eigenvalue weighted by Gasteiger charge is -2.23. The van der Waals surface area contributed by atoms with Gasteiger partial charge in [-0.25, -0.2) is 5.01 Å². The lowest BCUT2D eigenvalue weighted by Crippen LogP contribution is -2.36. The fraction of sp³-hybridized carbons (Fsp3) is 0.318. The first-order chi connectivity index (χ1) is 13.1. The van der Waals surface area contributed by atoms with Crippen LogP contribution in [0.5, 0.6) is 0 Å². The van der Waals surface area contributed by atoms with Crippen LogP contribution in [-0.4, -0.2) is 17.5 Å². The second-order valence-corrected chi connectivity index (χ2v) is 6.84. The summed E-state index contributed by atoms with van der Waals surface area (Å²) in [6, 6.07) is 15.4. The van der Waals surface area contributed by atoms with Crippen LogP contribution in [0.3, 0.4) is 0 Å². The number of carbonyl (C=O) groups is 2. The molecule has 27 heavy (non-hydrogen) atoms. The molecule has 1 aliphatic rings. The Bertz CT molecular complexity index is 839. The van der Waals surface area contributed by atoms with Crippen LogP contribution in [0.1, 0.15) is 43.7 Å². The van der Waals surface area contributed by atoms with Gasteiger partial charge in [0.15, 0.2) is 0 Å². The van der Waals surface area contributed by atoms with E-state index in [1.807, 2.05) is 55.5 Å². The predicted octanol–water partition coefficient (Wildman–Crippen LogP) is 4.46. The van der Waals surface area contributed by atoms with Gasteiger partial charge in [-0.05, 0) is 49.6 Å². The minimum Gasteiger partial charge on any atom is -0.321 e. The number of aryl methyl sites for hydroxylation is 2. The summed E-state index contributed by atoms with van der Waals surface area (Å²) < 4.78 is 0. The second-order valence-electron chi connectivity index (χ2n) is 6.84. The second kappa shape index (κ2) is 8.62. The van der Waals surface area contributed by atoms with E-state index in [-0.39, 0.29) is 18.2 Å². The van der Waals surface area contributed by atoms with Crippen molar-refractivity contribution in [1.29, 1.82) is 0 Å². The van der Waals surface area contributed by atoms with Gasteiger partial charge < -0.3 is 5.32 Å². The molecule has 0 bridgehead atoms. The fourth-order valence-electron chi connectivity index (χ4n) is 2.94. The normalized spacial score (nSPS) is 14.1. The number of nitrogens with one attached hydrogen (secondary N) is 1. The van der Waals surface area contributed by atoms with Gasteiger partial charge in [-0.15, -0.1) is 0 Å². The first-order valence-electron chi connectivity index (χ1n) is 9.44. The molecule has 0 unspecified atom stereocenters. The van der Waals surface area contributed by atoms with Crippen molar-refractivity contribution in [1.82, 2.24) is 0 Å². The Hall–Kier alpha value is -2.95. The summed E-state index contributed by atoms with van der Waals surface area (Å²) in [7, 11) is 0. The summed E-state index contributed by atoms with van der Waals surface area (Å²) in [4.78, 5) is 24.8. The van der Waals surface area contributed by atoms with Crippen LogP contribution in [-0.2, 0) is 16.0 Å². The number of hydrogen-bond acceptors (Lipinski definition) is 3. The summed E-state index contributed by atoms with van der Waals surface area (Å²) >= 11 is 0. The van der Waals surface area contributed by atoms with E-state index in [0.717, 1.165) is 30.5 Å². The van der Waals surface area contributed by atoms with Gasteiger partial charge >= 0.3 is 0 Å². The Balaban J connectivity index is 1.70. The van der Waals surface area contributed by atoms with E-state index >= 15 is 0 Å². The van der Waals surface area contributed by atoms with Crippen molar-refractivity contribution in [3.63, 3.8) is 0 Å². The van der Waals surface area contributed by atoms with E-state index in [0.29, 0.717) is 17.8 Å². The van der Waals surface area contributed by atoms with Gasteiger partial charge in [-0.2, -0.15) is 5.10 Å². The largest absolute Gasteiger partial charge is 0.321 e. The standard InChI is InChI=1S/C22H25N3O2/c1-3-4-5-17-8-10-18(11-9-17)23-22(27)20-14-15-21(26)25(24-20)19-12-6-16(2)7-13-19/h6-13H,3-5,14-15H2,1-2H3,(H,23,27). The molecule has 0 fully saturated rings. The molecule has 0 saturated heterocycles. The number of hydrogen-bond donors (Lipinski definition) is 1. The van der Waals surface area contributed by atoms with Crippen LogP contribution in [0, 0.1) is 6.92 Å². The summed E-state index contributed by atoms with van der Waals surface area (Å²) in [6.07, 6.45) is 3.99. The van der Waals surface area contributed by atoms with Crippen LogP contribution in [0.2, 0.25) is 0 Å². The van der Waals surface area contributed by atoms with Gasteiger partial charge in [0.2, 0.25) is 5.91 Å². The van der Waals surface area contributed by atoms with E-state index in [2.05, 4.69) is 17.3 Å². The molecule has 0 aromatic heterocycles. The van der Waals surface area contributed by atoms with Crippen molar-refractivity contribution >= 4 is 28.9 Å². The van der Waals surface area contributed by atoms with Gasteiger partial charge in [0.05, 0.1) is 5.69 Å². The van der Waals surface area contributed by atoms with Gasteiger partial charge in [0, 0.05) is 18.5 Å². The van der Waals surface area contributed by atoms with Crippen LogP contribution in [0.25, 0.3) is 0 Å². The topological polar surface area (TPSA) is 61.8 Å². The SMILES string of the molecule is CCCCc1ccc(NC(=O)C2=NN(c3ccc(C)cc3)C(=O)CC2)cc1. The molecule has 140 valence electrons. The smallest absolute Gasteiger partial charge is 0.271 e. The number of benzene rings is 2.